The molecule has 0 unspecified atom stereocenters. The van der Waals surface area contributed by atoms with E-state index in [0.29, 0.717) is 12.2 Å². The maximum atomic E-state index is 11.1. The van der Waals surface area contributed by atoms with E-state index in [-0.39, 0.29) is 0 Å². The molecule has 0 saturated heterocycles. The number of benzene rings is 2. The fourth-order valence-electron chi connectivity index (χ4n) is 2.05. The van der Waals surface area contributed by atoms with Gasteiger partial charge in [-0.25, -0.2) is 4.79 Å². The first-order chi connectivity index (χ1) is 9.11. The summed E-state index contributed by atoms with van der Waals surface area (Å²) in [7, 11) is 0. The molecule has 0 bridgehead atoms. The fraction of sp³-hybridized carbons (Fsp3) is 0.188. The minimum atomic E-state index is -0.918. The van der Waals surface area contributed by atoms with E-state index in [1.165, 1.54) is 0 Å². The quantitative estimate of drug-likeness (QED) is 0.906. The Balaban J connectivity index is 2.55. The Morgan fingerprint density at radius 2 is 1.95 bits per heavy atom. The highest BCUT2D eigenvalue weighted by molar-refractivity contribution is 5.90. The van der Waals surface area contributed by atoms with Crippen LogP contribution in [0.4, 0.5) is 0 Å². The van der Waals surface area contributed by atoms with Crippen LogP contribution in [0.5, 0.6) is 5.75 Å². The van der Waals surface area contributed by atoms with E-state index in [4.69, 9.17) is 9.84 Å². The SMILES string of the molecule is CCOc1ccccc1-c1cc(C)cc(C(=O)O)c1. The first-order valence-electron chi connectivity index (χ1n) is 6.19. The number of aryl methyl sites for hydroxylation is 1. The van der Waals surface area contributed by atoms with Crippen LogP contribution in [0.15, 0.2) is 42.5 Å². The zero-order chi connectivity index (χ0) is 13.8. The van der Waals surface area contributed by atoms with Crippen LogP contribution >= 0.6 is 0 Å². The van der Waals surface area contributed by atoms with Gasteiger partial charge in [-0.2, -0.15) is 0 Å². The van der Waals surface area contributed by atoms with Crippen LogP contribution in [0.25, 0.3) is 11.1 Å². The van der Waals surface area contributed by atoms with Crippen LogP contribution in [0.1, 0.15) is 22.8 Å². The summed E-state index contributed by atoms with van der Waals surface area (Å²) >= 11 is 0. The molecule has 0 amide bonds. The van der Waals surface area contributed by atoms with E-state index >= 15 is 0 Å². The zero-order valence-electron chi connectivity index (χ0n) is 11.0. The number of para-hydroxylation sites is 1. The third-order valence-corrected chi connectivity index (χ3v) is 2.82. The Bertz CT molecular complexity index is 603. The number of aromatic carboxylic acids is 1. The Hall–Kier alpha value is -2.29. The molecule has 2 rings (SSSR count). The fourth-order valence-corrected chi connectivity index (χ4v) is 2.05. The van der Waals surface area contributed by atoms with Gasteiger partial charge in [-0.1, -0.05) is 24.3 Å². The van der Waals surface area contributed by atoms with E-state index in [1.807, 2.05) is 44.2 Å². The minimum Gasteiger partial charge on any atom is -0.493 e. The largest absolute Gasteiger partial charge is 0.493 e. The predicted octanol–water partition coefficient (Wildman–Crippen LogP) is 3.76. The summed E-state index contributed by atoms with van der Waals surface area (Å²) in [5.74, 6) is -0.147. The first-order valence-corrected chi connectivity index (χ1v) is 6.19. The summed E-state index contributed by atoms with van der Waals surface area (Å²) in [6, 6.07) is 12.9. The predicted molar refractivity (Wildman–Crippen MR) is 74.7 cm³/mol. The average molecular weight is 256 g/mol. The van der Waals surface area contributed by atoms with E-state index in [2.05, 4.69) is 0 Å². The Labute approximate surface area is 112 Å². The summed E-state index contributed by atoms with van der Waals surface area (Å²) < 4.78 is 5.58. The molecular formula is C16H16O3. The minimum absolute atomic E-state index is 0.293. The second kappa shape index (κ2) is 5.57. The molecule has 2 aromatic carbocycles. The molecule has 0 heterocycles. The maximum Gasteiger partial charge on any atom is 0.335 e. The van der Waals surface area contributed by atoms with E-state index < -0.39 is 5.97 Å². The lowest BCUT2D eigenvalue weighted by molar-refractivity contribution is 0.0697. The highest BCUT2D eigenvalue weighted by atomic mass is 16.5. The van der Waals surface area contributed by atoms with Crippen molar-refractivity contribution in [3.8, 4) is 16.9 Å². The zero-order valence-corrected chi connectivity index (χ0v) is 11.0. The monoisotopic (exact) mass is 256 g/mol. The lowest BCUT2D eigenvalue weighted by Crippen LogP contribution is -1.98. The molecule has 0 radical (unpaired) electrons. The van der Waals surface area contributed by atoms with Crippen LogP contribution < -0.4 is 4.74 Å². The second-order valence-electron chi connectivity index (χ2n) is 4.32. The number of carboxylic acids is 1. The first kappa shape index (κ1) is 13.1. The van der Waals surface area contributed by atoms with Crippen molar-refractivity contribution in [1.29, 1.82) is 0 Å². The van der Waals surface area contributed by atoms with Crippen molar-refractivity contribution in [2.75, 3.05) is 6.61 Å². The van der Waals surface area contributed by atoms with Gasteiger partial charge in [-0.05, 0) is 43.2 Å². The standard InChI is InChI=1S/C16H16O3/c1-3-19-15-7-5-4-6-14(15)12-8-11(2)9-13(10-12)16(17)18/h4-10H,3H2,1-2H3,(H,17,18). The number of hydrogen-bond donors (Lipinski definition) is 1. The molecule has 0 fully saturated rings. The molecule has 0 aliphatic rings. The van der Waals surface area contributed by atoms with Crippen LogP contribution in [0.2, 0.25) is 0 Å². The third kappa shape index (κ3) is 2.94. The molecule has 0 atom stereocenters. The van der Waals surface area contributed by atoms with Gasteiger partial charge in [0.05, 0.1) is 12.2 Å². The van der Waals surface area contributed by atoms with Gasteiger partial charge in [0.2, 0.25) is 0 Å². The number of rotatable bonds is 4. The van der Waals surface area contributed by atoms with Gasteiger partial charge in [0, 0.05) is 5.56 Å². The van der Waals surface area contributed by atoms with Gasteiger partial charge in [0.15, 0.2) is 0 Å². The lowest BCUT2D eigenvalue weighted by Gasteiger charge is -2.11. The van der Waals surface area contributed by atoms with Crippen LogP contribution in [0.3, 0.4) is 0 Å². The molecule has 19 heavy (non-hydrogen) atoms. The average Bonchev–Trinajstić information content (AvgIpc) is 2.39. The van der Waals surface area contributed by atoms with E-state index in [9.17, 15) is 4.79 Å². The van der Waals surface area contributed by atoms with Crippen molar-refractivity contribution in [3.63, 3.8) is 0 Å². The summed E-state index contributed by atoms with van der Waals surface area (Å²) in [6.45, 7) is 4.39. The van der Waals surface area contributed by atoms with Crippen LogP contribution in [-0.4, -0.2) is 17.7 Å². The molecule has 0 aromatic heterocycles. The summed E-state index contributed by atoms with van der Waals surface area (Å²) in [6.07, 6.45) is 0. The Morgan fingerprint density at radius 3 is 2.63 bits per heavy atom. The molecule has 3 nitrogen and oxygen atoms in total. The normalized spacial score (nSPS) is 10.2. The maximum absolute atomic E-state index is 11.1. The van der Waals surface area contributed by atoms with Crippen molar-refractivity contribution in [2.24, 2.45) is 0 Å². The number of carbonyl (C=O) groups is 1. The van der Waals surface area contributed by atoms with Gasteiger partial charge in [0.1, 0.15) is 5.75 Å². The molecule has 0 aliphatic heterocycles. The summed E-state index contributed by atoms with van der Waals surface area (Å²) in [4.78, 5) is 11.1. The number of hydrogen-bond acceptors (Lipinski definition) is 2. The van der Waals surface area contributed by atoms with Crippen molar-refractivity contribution >= 4 is 5.97 Å². The lowest BCUT2D eigenvalue weighted by atomic mass is 9.99. The molecule has 2 aromatic rings. The van der Waals surface area contributed by atoms with Crippen molar-refractivity contribution < 1.29 is 14.6 Å². The molecular weight excluding hydrogens is 240 g/mol. The number of ether oxygens (including phenoxy) is 1. The smallest absolute Gasteiger partial charge is 0.335 e. The van der Waals surface area contributed by atoms with E-state index in [0.717, 1.165) is 22.4 Å². The second-order valence-corrected chi connectivity index (χ2v) is 4.32. The topological polar surface area (TPSA) is 46.5 Å². The van der Waals surface area contributed by atoms with Crippen molar-refractivity contribution in [2.45, 2.75) is 13.8 Å². The third-order valence-electron chi connectivity index (χ3n) is 2.82. The highest BCUT2D eigenvalue weighted by Gasteiger charge is 2.10. The van der Waals surface area contributed by atoms with Gasteiger partial charge in [-0.3, -0.25) is 0 Å². The molecule has 3 heteroatoms. The van der Waals surface area contributed by atoms with Crippen LogP contribution in [0, 0.1) is 6.92 Å². The van der Waals surface area contributed by atoms with Gasteiger partial charge < -0.3 is 9.84 Å². The van der Waals surface area contributed by atoms with Crippen LogP contribution in [-0.2, 0) is 0 Å². The molecule has 0 aliphatic carbocycles. The van der Waals surface area contributed by atoms with Gasteiger partial charge in [-0.15, -0.1) is 0 Å². The molecule has 0 spiro atoms. The molecule has 1 N–H and O–H groups in total. The molecule has 0 saturated carbocycles. The Morgan fingerprint density at radius 1 is 1.21 bits per heavy atom. The van der Waals surface area contributed by atoms with Crippen molar-refractivity contribution in [1.82, 2.24) is 0 Å². The summed E-state index contributed by atoms with van der Waals surface area (Å²) in [5, 5.41) is 9.12. The van der Waals surface area contributed by atoms with Crippen molar-refractivity contribution in [3.05, 3.63) is 53.6 Å². The molecule has 98 valence electrons. The summed E-state index contributed by atoms with van der Waals surface area (Å²) in [5.41, 5.74) is 2.99. The van der Waals surface area contributed by atoms with Gasteiger partial charge >= 0.3 is 5.97 Å². The van der Waals surface area contributed by atoms with Gasteiger partial charge in [0.25, 0.3) is 0 Å². The number of carboxylic acid groups (broad SMARTS) is 1. The Kier molecular flexibility index (Phi) is 3.85. The highest BCUT2D eigenvalue weighted by Crippen LogP contribution is 2.31. The van der Waals surface area contributed by atoms with E-state index in [1.54, 1.807) is 12.1 Å².